The van der Waals surface area contributed by atoms with Gasteiger partial charge >= 0.3 is 5.97 Å². The molecule has 32 heavy (non-hydrogen) atoms. The minimum atomic E-state index is -2.57. The molecule has 0 aliphatic rings. The Morgan fingerprint density at radius 3 is 2.69 bits per heavy atom. The van der Waals surface area contributed by atoms with Crippen LogP contribution in [0.4, 0.5) is 8.78 Å². The maximum Gasteiger partial charge on any atom is 0.340 e. The molecule has 1 aromatic carbocycles. The standard InChI is InChI=1S/C22H24F2N4O4/c1-4-32-22(30)15-7-5-6-14-16(17-11-26-28(3)13(17)2)10-18(27-20(14)15)21(29)25-8-9-31-12-19(23)24/h5-7,10-11,19H,4,8-9,12H2,1-3H3,(H,25,29). The maximum absolute atomic E-state index is 12.8. The van der Waals surface area contributed by atoms with E-state index in [4.69, 9.17) is 9.47 Å². The Balaban J connectivity index is 2.03. The molecule has 0 atom stereocenters. The summed E-state index contributed by atoms with van der Waals surface area (Å²) in [5.41, 5.74) is 2.97. The van der Waals surface area contributed by atoms with Gasteiger partial charge in [-0.25, -0.2) is 18.6 Å². The van der Waals surface area contributed by atoms with Gasteiger partial charge < -0.3 is 14.8 Å². The topological polar surface area (TPSA) is 95.3 Å². The summed E-state index contributed by atoms with van der Waals surface area (Å²) in [6.07, 6.45) is -0.888. The van der Waals surface area contributed by atoms with Gasteiger partial charge in [-0.1, -0.05) is 12.1 Å². The summed E-state index contributed by atoms with van der Waals surface area (Å²) >= 11 is 0. The van der Waals surface area contributed by atoms with Gasteiger partial charge in [-0.05, 0) is 31.5 Å². The fourth-order valence-electron chi connectivity index (χ4n) is 3.22. The molecule has 0 fully saturated rings. The van der Waals surface area contributed by atoms with E-state index in [1.807, 2.05) is 13.0 Å². The molecule has 2 aromatic heterocycles. The fourth-order valence-corrected chi connectivity index (χ4v) is 3.22. The lowest BCUT2D eigenvalue weighted by atomic mass is 9.98. The van der Waals surface area contributed by atoms with Gasteiger partial charge in [0.05, 0.1) is 30.5 Å². The number of amides is 1. The molecule has 2 heterocycles. The molecule has 0 radical (unpaired) electrons. The molecule has 0 spiro atoms. The lowest BCUT2D eigenvalue weighted by Gasteiger charge is -2.13. The van der Waals surface area contributed by atoms with Crippen LogP contribution < -0.4 is 5.32 Å². The van der Waals surface area contributed by atoms with Crippen LogP contribution >= 0.6 is 0 Å². The van der Waals surface area contributed by atoms with E-state index in [1.54, 1.807) is 43.0 Å². The first-order valence-electron chi connectivity index (χ1n) is 10.1. The van der Waals surface area contributed by atoms with Gasteiger partial charge in [-0.3, -0.25) is 9.48 Å². The number of nitrogens with zero attached hydrogens (tertiary/aromatic N) is 3. The van der Waals surface area contributed by atoms with Crippen molar-refractivity contribution in [1.29, 1.82) is 0 Å². The number of halogens is 2. The number of hydrogen-bond acceptors (Lipinski definition) is 6. The monoisotopic (exact) mass is 446 g/mol. The molecule has 8 nitrogen and oxygen atoms in total. The van der Waals surface area contributed by atoms with Crippen LogP contribution in [0.2, 0.25) is 0 Å². The number of alkyl halides is 2. The molecule has 1 amide bonds. The van der Waals surface area contributed by atoms with Crippen molar-refractivity contribution < 1.29 is 27.8 Å². The van der Waals surface area contributed by atoms with Crippen LogP contribution in [-0.2, 0) is 16.5 Å². The van der Waals surface area contributed by atoms with Crippen LogP contribution in [0, 0.1) is 6.92 Å². The summed E-state index contributed by atoms with van der Waals surface area (Å²) < 4.78 is 36.0. The van der Waals surface area contributed by atoms with E-state index in [0.717, 1.165) is 11.3 Å². The van der Waals surface area contributed by atoms with Crippen molar-refractivity contribution in [2.45, 2.75) is 20.3 Å². The van der Waals surface area contributed by atoms with E-state index < -0.39 is 24.9 Å². The number of rotatable bonds is 9. The Labute approximate surface area is 183 Å². The fraction of sp³-hybridized carbons (Fsp3) is 0.364. The highest BCUT2D eigenvalue weighted by Crippen LogP contribution is 2.32. The first-order chi connectivity index (χ1) is 15.3. The summed E-state index contributed by atoms with van der Waals surface area (Å²) in [5.74, 6) is -1.06. The molecule has 0 aliphatic carbocycles. The average molecular weight is 446 g/mol. The van der Waals surface area contributed by atoms with Crippen LogP contribution in [0.25, 0.3) is 22.0 Å². The van der Waals surface area contributed by atoms with Gasteiger partial charge in [0.25, 0.3) is 12.3 Å². The molecule has 0 saturated heterocycles. The zero-order valence-electron chi connectivity index (χ0n) is 18.0. The van der Waals surface area contributed by atoms with Crippen molar-refractivity contribution in [3.63, 3.8) is 0 Å². The van der Waals surface area contributed by atoms with Gasteiger partial charge in [-0.15, -0.1) is 0 Å². The van der Waals surface area contributed by atoms with E-state index in [1.165, 1.54) is 0 Å². The number of hydrogen-bond donors (Lipinski definition) is 1. The molecule has 0 saturated carbocycles. The summed E-state index contributed by atoms with van der Waals surface area (Å²) in [7, 11) is 1.80. The Hall–Kier alpha value is -3.40. The minimum absolute atomic E-state index is 0.0338. The van der Waals surface area contributed by atoms with E-state index in [9.17, 15) is 18.4 Å². The van der Waals surface area contributed by atoms with Crippen LogP contribution in [0.5, 0.6) is 0 Å². The van der Waals surface area contributed by atoms with Crippen LogP contribution in [0.3, 0.4) is 0 Å². The predicted molar refractivity (Wildman–Crippen MR) is 114 cm³/mol. The number of para-hydroxylation sites is 1. The summed E-state index contributed by atoms with van der Waals surface area (Å²) in [6.45, 7) is 3.07. The molecule has 0 aliphatic heterocycles. The number of ether oxygens (including phenoxy) is 2. The molecule has 0 bridgehead atoms. The van der Waals surface area contributed by atoms with E-state index in [2.05, 4.69) is 15.4 Å². The smallest absolute Gasteiger partial charge is 0.340 e. The Morgan fingerprint density at radius 2 is 2.03 bits per heavy atom. The average Bonchev–Trinajstić information content (AvgIpc) is 3.10. The van der Waals surface area contributed by atoms with Crippen LogP contribution in [0.15, 0.2) is 30.5 Å². The van der Waals surface area contributed by atoms with Gasteiger partial charge in [0.15, 0.2) is 0 Å². The Morgan fingerprint density at radius 1 is 1.25 bits per heavy atom. The third-order valence-electron chi connectivity index (χ3n) is 4.87. The number of esters is 1. The van der Waals surface area contributed by atoms with E-state index in [0.29, 0.717) is 16.5 Å². The van der Waals surface area contributed by atoms with E-state index in [-0.39, 0.29) is 31.0 Å². The van der Waals surface area contributed by atoms with E-state index >= 15 is 0 Å². The summed E-state index contributed by atoms with van der Waals surface area (Å²) in [4.78, 5) is 29.7. The Kier molecular flexibility index (Phi) is 7.47. The number of carbonyl (C=O) groups is 2. The van der Waals surface area contributed by atoms with Gasteiger partial charge in [0.1, 0.15) is 12.3 Å². The molecule has 10 heteroatoms. The first-order valence-corrected chi connectivity index (χ1v) is 10.1. The molecule has 0 unspecified atom stereocenters. The van der Waals surface area contributed by atoms with Crippen molar-refractivity contribution >= 4 is 22.8 Å². The van der Waals surface area contributed by atoms with Crippen molar-refractivity contribution in [3.05, 3.63) is 47.4 Å². The second kappa shape index (κ2) is 10.3. The van der Waals surface area contributed by atoms with Crippen molar-refractivity contribution in [2.75, 3.05) is 26.4 Å². The van der Waals surface area contributed by atoms with Gasteiger partial charge in [0, 0.05) is 30.2 Å². The number of carbonyl (C=O) groups excluding carboxylic acids is 2. The number of nitrogens with one attached hydrogen (secondary N) is 1. The van der Waals surface area contributed by atoms with Crippen LogP contribution in [-0.4, -0.2) is 59.4 Å². The lowest BCUT2D eigenvalue weighted by molar-refractivity contribution is 0.0188. The van der Waals surface area contributed by atoms with Crippen molar-refractivity contribution in [3.8, 4) is 11.1 Å². The zero-order valence-corrected chi connectivity index (χ0v) is 18.0. The Bertz CT molecular complexity index is 1130. The number of pyridine rings is 1. The first kappa shape index (κ1) is 23.3. The molecule has 3 aromatic rings. The quantitative estimate of drug-likeness (QED) is 0.401. The second-order valence-electron chi connectivity index (χ2n) is 6.97. The van der Waals surface area contributed by atoms with Gasteiger partial charge in [0.2, 0.25) is 0 Å². The molecule has 170 valence electrons. The maximum atomic E-state index is 12.8. The number of aromatic nitrogens is 3. The molecular formula is C22H24F2N4O4. The molecular weight excluding hydrogens is 422 g/mol. The molecule has 1 N–H and O–H groups in total. The molecule has 3 rings (SSSR count). The number of fused-ring (bicyclic) bond motifs is 1. The second-order valence-corrected chi connectivity index (χ2v) is 6.97. The lowest BCUT2D eigenvalue weighted by Crippen LogP contribution is -2.28. The number of benzene rings is 1. The van der Waals surface area contributed by atoms with Crippen molar-refractivity contribution in [2.24, 2.45) is 7.05 Å². The highest BCUT2D eigenvalue weighted by Gasteiger charge is 2.20. The summed E-state index contributed by atoms with van der Waals surface area (Å²) in [6, 6.07) is 6.75. The normalized spacial score (nSPS) is 11.2. The minimum Gasteiger partial charge on any atom is -0.462 e. The third kappa shape index (κ3) is 5.08. The van der Waals surface area contributed by atoms with Gasteiger partial charge in [-0.2, -0.15) is 5.10 Å². The number of aryl methyl sites for hydroxylation is 1. The highest BCUT2D eigenvalue weighted by molar-refractivity contribution is 6.09. The summed E-state index contributed by atoms with van der Waals surface area (Å²) in [5, 5.41) is 7.54. The van der Waals surface area contributed by atoms with Crippen LogP contribution in [0.1, 0.15) is 33.5 Å². The third-order valence-corrected chi connectivity index (χ3v) is 4.87. The van der Waals surface area contributed by atoms with Crippen molar-refractivity contribution in [1.82, 2.24) is 20.1 Å². The predicted octanol–water partition coefficient (Wildman–Crippen LogP) is 3.13. The SMILES string of the molecule is CCOC(=O)c1cccc2c(-c3cnn(C)c3C)cc(C(=O)NCCOCC(F)F)nc12. The largest absolute Gasteiger partial charge is 0.462 e. The highest BCUT2D eigenvalue weighted by atomic mass is 19.3. The zero-order chi connectivity index (χ0) is 23.3.